The van der Waals surface area contributed by atoms with Crippen molar-refractivity contribution < 1.29 is 18.3 Å². The molecule has 35 heavy (non-hydrogen) atoms. The van der Waals surface area contributed by atoms with Gasteiger partial charge in [0.2, 0.25) is 0 Å². The molecule has 3 aromatic rings. The minimum absolute atomic E-state index is 0.0843. The summed E-state index contributed by atoms with van der Waals surface area (Å²) in [7, 11) is 0. The summed E-state index contributed by atoms with van der Waals surface area (Å²) >= 11 is 0. The molecule has 1 saturated heterocycles. The Morgan fingerprint density at radius 1 is 1.11 bits per heavy atom. The lowest BCUT2D eigenvalue weighted by molar-refractivity contribution is 0.0966. The average molecular weight is 479 g/mol. The van der Waals surface area contributed by atoms with Gasteiger partial charge in [0.1, 0.15) is 29.1 Å². The minimum Gasteiger partial charge on any atom is -0.378 e. The predicted molar refractivity (Wildman–Crippen MR) is 127 cm³/mol. The zero-order valence-electron chi connectivity index (χ0n) is 19.4. The normalized spacial score (nSPS) is 14.4. The molecule has 180 valence electrons. The number of benzene rings is 1. The smallest absolute Gasteiger partial charge is 0.255 e. The molecule has 1 aromatic carbocycles. The summed E-state index contributed by atoms with van der Waals surface area (Å²) in [6.07, 6.45) is 1.68. The van der Waals surface area contributed by atoms with Crippen molar-refractivity contribution in [2.75, 3.05) is 36.5 Å². The van der Waals surface area contributed by atoms with Crippen LogP contribution in [0.2, 0.25) is 0 Å². The number of nitriles is 1. The zero-order valence-corrected chi connectivity index (χ0v) is 19.4. The summed E-state index contributed by atoms with van der Waals surface area (Å²) in [6.45, 7) is 6.87. The number of carbonyl (C=O) groups excluding carboxylic acids is 1. The molecule has 0 aliphatic carbocycles. The third-order valence-electron chi connectivity index (χ3n) is 5.60. The SMILES string of the molecule is CC.N#Cc1c(-c2c(F)cccc2F)nc2c(c1Nc1ccc(N3CCOCC3)cn1)C(=O)NC2. The Bertz CT molecular complexity index is 1260. The summed E-state index contributed by atoms with van der Waals surface area (Å²) in [4.78, 5) is 23.3. The first-order valence-corrected chi connectivity index (χ1v) is 11.3. The van der Waals surface area contributed by atoms with E-state index >= 15 is 0 Å². The van der Waals surface area contributed by atoms with Gasteiger partial charge in [-0.3, -0.25) is 4.79 Å². The number of ether oxygens (including phenoxy) is 1. The van der Waals surface area contributed by atoms with E-state index in [0.717, 1.165) is 30.9 Å². The standard InChI is InChI=1S/C23H18F2N6O2.C2H6/c24-15-2-1-3-16(25)19(15)21-14(10-26)22(20-17(29-21)12-28-23(20)32)30-18-5-4-13(11-27-18)31-6-8-33-9-7-31;1-2/h1-5,11H,6-9,12H2,(H,28,32)(H,27,29,30);1-2H3. The highest BCUT2D eigenvalue weighted by Crippen LogP contribution is 2.37. The molecule has 0 unspecified atom stereocenters. The van der Waals surface area contributed by atoms with Crippen molar-refractivity contribution in [1.82, 2.24) is 15.3 Å². The number of pyridine rings is 2. The number of hydrogen-bond donors (Lipinski definition) is 2. The van der Waals surface area contributed by atoms with Crippen LogP contribution in [0, 0.1) is 23.0 Å². The number of anilines is 3. The number of hydrogen-bond acceptors (Lipinski definition) is 7. The number of fused-ring (bicyclic) bond motifs is 1. The monoisotopic (exact) mass is 478 g/mol. The fourth-order valence-electron chi connectivity index (χ4n) is 3.99. The average Bonchev–Trinajstić information content (AvgIpc) is 3.26. The first-order valence-electron chi connectivity index (χ1n) is 11.3. The number of rotatable bonds is 4. The van der Waals surface area contributed by atoms with Crippen molar-refractivity contribution in [3.8, 4) is 17.3 Å². The van der Waals surface area contributed by atoms with Gasteiger partial charge < -0.3 is 20.3 Å². The van der Waals surface area contributed by atoms with Crippen LogP contribution in [-0.4, -0.2) is 42.2 Å². The lowest BCUT2D eigenvalue weighted by Gasteiger charge is -2.28. The summed E-state index contributed by atoms with van der Waals surface area (Å²) in [6, 6.07) is 8.97. The molecule has 0 radical (unpaired) electrons. The van der Waals surface area contributed by atoms with Gasteiger partial charge in [-0.15, -0.1) is 0 Å². The van der Waals surface area contributed by atoms with Crippen LogP contribution in [-0.2, 0) is 11.3 Å². The molecule has 2 aromatic heterocycles. The maximum Gasteiger partial charge on any atom is 0.255 e. The summed E-state index contributed by atoms with van der Waals surface area (Å²) in [5.41, 5.74) is 0.743. The van der Waals surface area contributed by atoms with Crippen LogP contribution in [0.3, 0.4) is 0 Å². The maximum atomic E-state index is 14.5. The number of morpholine rings is 1. The Hall–Kier alpha value is -4.10. The van der Waals surface area contributed by atoms with E-state index in [1.54, 1.807) is 12.3 Å². The molecule has 1 fully saturated rings. The van der Waals surface area contributed by atoms with Crippen LogP contribution in [0.5, 0.6) is 0 Å². The lowest BCUT2D eigenvalue weighted by atomic mass is 9.99. The van der Waals surface area contributed by atoms with E-state index < -0.39 is 23.1 Å². The van der Waals surface area contributed by atoms with Crippen molar-refractivity contribution in [3.63, 3.8) is 0 Å². The molecule has 0 spiro atoms. The second-order valence-electron chi connectivity index (χ2n) is 7.55. The Labute approximate surface area is 201 Å². The van der Waals surface area contributed by atoms with Crippen molar-refractivity contribution in [1.29, 1.82) is 5.26 Å². The van der Waals surface area contributed by atoms with E-state index in [1.165, 1.54) is 6.07 Å². The second kappa shape index (κ2) is 10.4. The van der Waals surface area contributed by atoms with Crippen LogP contribution in [0.1, 0.15) is 35.5 Å². The second-order valence-corrected chi connectivity index (χ2v) is 7.55. The zero-order chi connectivity index (χ0) is 24.9. The fourth-order valence-corrected chi connectivity index (χ4v) is 3.99. The number of amides is 1. The van der Waals surface area contributed by atoms with Gasteiger partial charge in [-0.1, -0.05) is 19.9 Å². The van der Waals surface area contributed by atoms with E-state index in [1.807, 2.05) is 26.0 Å². The Morgan fingerprint density at radius 2 is 1.83 bits per heavy atom. The first kappa shape index (κ1) is 24.0. The molecule has 0 saturated carbocycles. The van der Waals surface area contributed by atoms with Gasteiger partial charge in [-0.25, -0.2) is 18.7 Å². The van der Waals surface area contributed by atoms with Crippen LogP contribution >= 0.6 is 0 Å². The van der Waals surface area contributed by atoms with Crippen LogP contribution in [0.15, 0.2) is 36.5 Å². The molecule has 2 aliphatic rings. The van der Waals surface area contributed by atoms with Crippen LogP contribution in [0.25, 0.3) is 11.3 Å². The molecule has 4 heterocycles. The Morgan fingerprint density at radius 3 is 2.46 bits per heavy atom. The number of nitrogens with zero attached hydrogens (tertiary/aromatic N) is 4. The third kappa shape index (κ3) is 4.63. The third-order valence-corrected chi connectivity index (χ3v) is 5.60. The summed E-state index contributed by atoms with van der Waals surface area (Å²) in [5, 5.41) is 15.6. The first-order chi connectivity index (χ1) is 17.1. The van der Waals surface area contributed by atoms with E-state index in [4.69, 9.17) is 4.74 Å². The van der Waals surface area contributed by atoms with Gasteiger partial charge in [0, 0.05) is 13.1 Å². The molecule has 2 aliphatic heterocycles. The van der Waals surface area contributed by atoms with Gasteiger partial charge >= 0.3 is 0 Å². The molecule has 10 heteroatoms. The molecule has 5 rings (SSSR count). The van der Waals surface area contributed by atoms with Crippen molar-refractivity contribution >= 4 is 23.1 Å². The lowest BCUT2D eigenvalue weighted by Crippen LogP contribution is -2.36. The van der Waals surface area contributed by atoms with Gasteiger partial charge in [-0.05, 0) is 24.3 Å². The van der Waals surface area contributed by atoms with Crippen LogP contribution < -0.4 is 15.5 Å². The van der Waals surface area contributed by atoms with E-state index in [-0.39, 0.29) is 29.1 Å². The van der Waals surface area contributed by atoms with Crippen molar-refractivity contribution in [2.45, 2.75) is 20.4 Å². The molecule has 2 N–H and O–H groups in total. The number of aromatic nitrogens is 2. The van der Waals surface area contributed by atoms with Crippen molar-refractivity contribution in [3.05, 3.63) is 65.0 Å². The number of carbonyl (C=O) groups is 1. The quantitative estimate of drug-likeness (QED) is 0.581. The van der Waals surface area contributed by atoms with Crippen LogP contribution in [0.4, 0.5) is 26.0 Å². The van der Waals surface area contributed by atoms with E-state index in [2.05, 4.69) is 25.5 Å². The summed E-state index contributed by atoms with van der Waals surface area (Å²) < 4.78 is 34.4. The largest absolute Gasteiger partial charge is 0.378 e. The van der Waals surface area contributed by atoms with Gasteiger partial charge in [0.05, 0.1) is 59.8 Å². The topological polar surface area (TPSA) is 103 Å². The van der Waals surface area contributed by atoms with Gasteiger partial charge in [0.25, 0.3) is 5.91 Å². The number of nitrogens with one attached hydrogen (secondary N) is 2. The molecule has 0 atom stereocenters. The number of halogens is 2. The molecule has 8 nitrogen and oxygen atoms in total. The fraction of sp³-hybridized carbons (Fsp3) is 0.280. The molecular formula is C25H24F2N6O2. The van der Waals surface area contributed by atoms with Gasteiger partial charge in [-0.2, -0.15) is 5.26 Å². The highest BCUT2D eigenvalue weighted by Gasteiger charge is 2.31. The Kier molecular flexibility index (Phi) is 7.17. The maximum absolute atomic E-state index is 14.5. The molecule has 1 amide bonds. The van der Waals surface area contributed by atoms with E-state index in [0.29, 0.717) is 24.7 Å². The highest BCUT2D eigenvalue weighted by atomic mass is 19.1. The van der Waals surface area contributed by atoms with E-state index in [9.17, 15) is 18.8 Å². The highest BCUT2D eigenvalue weighted by molar-refractivity contribution is 6.05. The summed E-state index contributed by atoms with van der Waals surface area (Å²) in [5.74, 6) is -1.76. The minimum atomic E-state index is -0.852. The van der Waals surface area contributed by atoms with Gasteiger partial charge in [0.15, 0.2) is 0 Å². The Balaban J connectivity index is 0.00000141. The molecular weight excluding hydrogens is 454 g/mol. The molecule has 0 bridgehead atoms. The van der Waals surface area contributed by atoms with Crippen molar-refractivity contribution in [2.24, 2.45) is 0 Å². The predicted octanol–water partition coefficient (Wildman–Crippen LogP) is 4.14.